The summed E-state index contributed by atoms with van der Waals surface area (Å²) in [4.78, 5) is 4.51. The van der Waals surface area contributed by atoms with E-state index in [1.807, 2.05) is 32.2 Å². The van der Waals surface area contributed by atoms with Gasteiger partial charge in [-0.25, -0.2) is 4.99 Å². The van der Waals surface area contributed by atoms with Crippen LogP contribution in [-0.4, -0.2) is 47.1 Å². The fourth-order valence-electron chi connectivity index (χ4n) is 2.78. The Morgan fingerprint density at radius 3 is 2.66 bits per heavy atom. The van der Waals surface area contributed by atoms with E-state index in [1.54, 1.807) is 24.0 Å². The number of nitrogens with zero attached hydrogens (tertiary/aromatic N) is 3. The molecule has 1 unspecified atom stereocenters. The fraction of sp³-hybridized carbons (Fsp3) is 0.524. The van der Waals surface area contributed by atoms with E-state index in [2.05, 4.69) is 40.6 Å². The van der Waals surface area contributed by atoms with Crippen LogP contribution in [-0.2, 0) is 12.6 Å². The van der Waals surface area contributed by atoms with Crippen LogP contribution in [0.4, 0.5) is 0 Å². The van der Waals surface area contributed by atoms with Gasteiger partial charge >= 0.3 is 0 Å². The van der Waals surface area contributed by atoms with Gasteiger partial charge in [-0.2, -0.15) is 5.10 Å². The van der Waals surface area contributed by atoms with Crippen molar-refractivity contribution < 1.29 is 9.84 Å². The van der Waals surface area contributed by atoms with Crippen molar-refractivity contribution in [2.75, 3.05) is 26.2 Å². The summed E-state index contributed by atoms with van der Waals surface area (Å²) in [5.74, 6) is 1.98. The molecule has 162 valence electrons. The first-order valence-corrected chi connectivity index (χ1v) is 9.79. The SMILES string of the molecule is CCNC(=NCC(C)(O)c1cnn(C)c1)NCCOc1ccccc1C(C)C.I. The minimum absolute atomic E-state index is 0. The van der Waals surface area contributed by atoms with Gasteiger partial charge in [0.1, 0.15) is 18.0 Å². The maximum atomic E-state index is 10.7. The van der Waals surface area contributed by atoms with Gasteiger partial charge in [0.05, 0.1) is 19.3 Å². The monoisotopic (exact) mass is 515 g/mol. The van der Waals surface area contributed by atoms with Crippen molar-refractivity contribution in [1.82, 2.24) is 20.4 Å². The molecule has 0 aliphatic carbocycles. The van der Waals surface area contributed by atoms with E-state index < -0.39 is 5.60 Å². The number of guanidine groups is 1. The van der Waals surface area contributed by atoms with Gasteiger partial charge in [-0.05, 0) is 31.4 Å². The molecule has 0 fully saturated rings. The zero-order valence-electron chi connectivity index (χ0n) is 18.0. The average molecular weight is 515 g/mol. The Hall–Kier alpha value is -1.81. The van der Waals surface area contributed by atoms with Gasteiger partial charge in [-0.1, -0.05) is 32.0 Å². The first kappa shape index (κ1) is 25.2. The lowest BCUT2D eigenvalue weighted by molar-refractivity contribution is 0.0672. The zero-order chi connectivity index (χ0) is 20.6. The summed E-state index contributed by atoms with van der Waals surface area (Å²) in [5, 5.41) is 21.2. The lowest BCUT2D eigenvalue weighted by Crippen LogP contribution is -2.40. The van der Waals surface area contributed by atoms with Gasteiger partial charge in [0.2, 0.25) is 0 Å². The average Bonchev–Trinajstić information content (AvgIpc) is 3.10. The molecule has 2 rings (SSSR count). The predicted molar refractivity (Wildman–Crippen MR) is 128 cm³/mol. The van der Waals surface area contributed by atoms with Crippen molar-refractivity contribution in [3.05, 3.63) is 47.8 Å². The van der Waals surface area contributed by atoms with Crippen molar-refractivity contribution in [3.8, 4) is 5.75 Å². The molecule has 0 spiro atoms. The van der Waals surface area contributed by atoms with Gasteiger partial charge in [-0.3, -0.25) is 4.68 Å². The number of rotatable bonds is 9. The highest BCUT2D eigenvalue weighted by Crippen LogP contribution is 2.25. The molecule has 0 saturated carbocycles. The van der Waals surface area contributed by atoms with E-state index in [0.29, 0.717) is 25.0 Å². The molecule has 8 heteroatoms. The fourth-order valence-corrected chi connectivity index (χ4v) is 2.78. The van der Waals surface area contributed by atoms with Crippen LogP contribution >= 0.6 is 24.0 Å². The van der Waals surface area contributed by atoms with Crippen LogP contribution in [0.2, 0.25) is 0 Å². The molecule has 0 bridgehead atoms. The highest BCUT2D eigenvalue weighted by Gasteiger charge is 2.24. The van der Waals surface area contributed by atoms with Crippen LogP contribution in [0.15, 0.2) is 41.7 Å². The molecule has 0 radical (unpaired) electrons. The number of benzene rings is 1. The molecule has 0 amide bonds. The summed E-state index contributed by atoms with van der Waals surface area (Å²) >= 11 is 0. The van der Waals surface area contributed by atoms with Gasteiger partial charge < -0.3 is 20.5 Å². The second kappa shape index (κ2) is 12.0. The number of aromatic nitrogens is 2. The van der Waals surface area contributed by atoms with Crippen LogP contribution in [0.5, 0.6) is 5.75 Å². The highest BCUT2D eigenvalue weighted by atomic mass is 127. The molecule has 7 nitrogen and oxygen atoms in total. The summed E-state index contributed by atoms with van der Waals surface area (Å²) in [7, 11) is 1.83. The molecule has 1 heterocycles. The lowest BCUT2D eigenvalue weighted by atomic mass is 10.0. The Labute approximate surface area is 191 Å². The third-order valence-corrected chi connectivity index (χ3v) is 4.41. The minimum atomic E-state index is -1.08. The third kappa shape index (κ3) is 7.85. The molecular formula is C21H34IN5O2. The zero-order valence-corrected chi connectivity index (χ0v) is 20.3. The molecular weight excluding hydrogens is 481 g/mol. The van der Waals surface area contributed by atoms with Crippen molar-refractivity contribution in [3.63, 3.8) is 0 Å². The molecule has 1 aromatic carbocycles. The number of hydrogen-bond acceptors (Lipinski definition) is 4. The van der Waals surface area contributed by atoms with Crippen molar-refractivity contribution in [1.29, 1.82) is 0 Å². The third-order valence-electron chi connectivity index (χ3n) is 4.41. The Balaban J connectivity index is 0.00000420. The number of aliphatic hydroxyl groups is 1. The quantitative estimate of drug-likeness (QED) is 0.207. The Kier molecular flexibility index (Phi) is 10.5. The summed E-state index contributed by atoms with van der Waals surface area (Å²) in [6.45, 7) is 10.1. The second-order valence-electron chi connectivity index (χ2n) is 7.34. The van der Waals surface area contributed by atoms with E-state index in [1.165, 1.54) is 5.56 Å². The molecule has 0 saturated heterocycles. The van der Waals surface area contributed by atoms with Crippen LogP contribution < -0.4 is 15.4 Å². The largest absolute Gasteiger partial charge is 0.491 e. The molecule has 2 aromatic rings. The molecule has 0 aliphatic heterocycles. The Morgan fingerprint density at radius 1 is 1.31 bits per heavy atom. The van der Waals surface area contributed by atoms with Crippen LogP contribution in [0.3, 0.4) is 0 Å². The number of aliphatic imine (C=N–C) groups is 1. The summed E-state index contributed by atoms with van der Waals surface area (Å²) in [6.07, 6.45) is 3.46. The van der Waals surface area contributed by atoms with Gasteiger partial charge in [0.15, 0.2) is 5.96 Å². The first-order chi connectivity index (χ1) is 13.3. The van der Waals surface area contributed by atoms with Crippen molar-refractivity contribution in [2.45, 2.75) is 39.2 Å². The predicted octanol–water partition coefficient (Wildman–Crippen LogP) is 3.00. The highest BCUT2D eigenvalue weighted by molar-refractivity contribution is 14.0. The summed E-state index contributed by atoms with van der Waals surface area (Å²) in [6, 6.07) is 8.12. The van der Waals surface area contributed by atoms with E-state index >= 15 is 0 Å². The number of ether oxygens (including phenoxy) is 1. The molecule has 0 aliphatic rings. The van der Waals surface area contributed by atoms with E-state index in [4.69, 9.17) is 4.74 Å². The Morgan fingerprint density at radius 2 is 2.03 bits per heavy atom. The number of halogens is 1. The normalized spacial score (nSPS) is 13.6. The van der Waals surface area contributed by atoms with Crippen molar-refractivity contribution in [2.24, 2.45) is 12.0 Å². The lowest BCUT2D eigenvalue weighted by Gasteiger charge is -2.20. The molecule has 3 N–H and O–H groups in total. The van der Waals surface area contributed by atoms with Crippen molar-refractivity contribution >= 4 is 29.9 Å². The standard InChI is InChI=1S/C21H33N5O2.HI/c1-6-22-20(24-15-21(4,27)17-13-25-26(5)14-17)23-11-12-28-19-10-8-7-9-18(19)16(2)3;/h7-10,13-14,16,27H,6,11-12,15H2,1-5H3,(H2,22,23,24);1H. The minimum Gasteiger partial charge on any atom is -0.491 e. The van der Waals surface area contributed by atoms with Crippen LogP contribution in [0, 0.1) is 0 Å². The number of hydrogen-bond donors (Lipinski definition) is 3. The Bertz CT molecular complexity index is 774. The van der Waals surface area contributed by atoms with E-state index in [-0.39, 0.29) is 30.5 Å². The molecule has 1 aromatic heterocycles. The number of para-hydroxylation sites is 1. The second-order valence-corrected chi connectivity index (χ2v) is 7.34. The number of nitrogens with one attached hydrogen (secondary N) is 2. The molecule has 1 atom stereocenters. The van der Waals surface area contributed by atoms with Gasteiger partial charge in [-0.15, -0.1) is 24.0 Å². The summed E-state index contributed by atoms with van der Waals surface area (Å²) in [5.41, 5.74) is 0.863. The molecule has 29 heavy (non-hydrogen) atoms. The van der Waals surface area contributed by atoms with E-state index in [0.717, 1.165) is 17.9 Å². The number of aryl methyl sites for hydroxylation is 1. The van der Waals surface area contributed by atoms with Gasteiger partial charge in [0.25, 0.3) is 0 Å². The summed E-state index contributed by atoms with van der Waals surface area (Å²) < 4.78 is 7.61. The van der Waals surface area contributed by atoms with Gasteiger partial charge in [0, 0.05) is 25.4 Å². The van der Waals surface area contributed by atoms with Crippen LogP contribution in [0.1, 0.15) is 44.7 Å². The smallest absolute Gasteiger partial charge is 0.191 e. The van der Waals surface area contributed by atoms with Crippen LogP contribution in [0.25, 0.3) is 0 Å². The maximum Gasteiger partial charge on any atom is 0.191 e. The maximum absolute atomic E-state index is 10.7. The first-order valence-electron chi connectivity index (χ1n) is 9.79. The topological polar surface area (TPSA) is 83.7 Å². The van der Waals surface area contributed by atoms with E-state index in [9.17, 15) is 5.11 Å².